The van der Waals surface area contributed by atoms with E-state index in [1.54, 1.807) is 16.4 Å². The summed E-state index contributed by atoms with van der Waals surface area (Å²) in [5.74, 6) is 0.514. The van der Waals surface area contributed by atoms with Crippen molar-refractivity contribution in [2.45, 2.75) is 69.6 Å². The summed E-state index contributed by atoms with van der Waals surface area (Å²) in [5, 5.41) is 0.195. The van der Waals surface area contributed by atoms with Crippen LogP contribution < -0.4 is 0 Å². The lowest BCUT2D eigenvalue weighted by Crippen LogP contribution is -2.42. The molecule has 1 aromatic carbocycles. The van der Waals surface area contributed by atoms with Crippen LogP contribution in [0.3, 0.4) is 0 Å². The molecule has 5 nitrogen and oxygen atoms in total. The number of halogens is 1. The normalized spacial score (nSPS) is 21.3. The summed E-state index contributed by atoms with van der Waals surface area (Å²) in [6.45, 7) is 7.06. The van der Waals surface area contributed by atoms with Crippen LogP contribution in [-0.2, 0) is 15.4 Å². The molecule has 2 fully saturated rings. The third-order valence-electron chi connectivity index (χ3n) is 6.15. The molecule has 7 heteroatoms. The first-order valence-electron chi connectivity index (χ1n) is 9.72. The quantitative estimate of drug-likeness (QED) is 0.688. The summed E-state index contributed by atoms with van der Waals surface area (Å²) in [5.41, 5.74) is 0.848. The lowest BCUT2D eigenvalue weighted by Gasteiger charge is -2.38. The standard InChI is InChI=1S/C20H27ClN2O3S/c1-19(2,3)18-22-15-7-6-14(21)17(16(15)26-18)27(24,25)23-12-10-20(11-13-23)8-4-5-9-20/h6-7H,4-5,8-13H2,1-3H3. The molecule has 1 saturated carbocycles. The molecule has 27 heavy (non-hydrogen) atoms. The van der Waals surface area contributed by atoms with E-state index in [2.05, 4.69) is 4.98 Å². The van der Waals surface area contributed by atoms with Gasteiger partial charge in [-0.05, 0) is 43.2 Å². The number of nitrogens with zero attached hydrogens (tertiary/aromatic N) is 2. The van der Waals surface area contributed by atoms with Gasteiger partial charge in [-0.15, -0.1) is 0 Å². The summed E-state index contributed by atoms with van der Waals surface area (Å²) in [6, 6.07) is 3.33. The van der Waals surface area contributed by atoms with E-state index in [1.165, 1.54) is 25.7 Å². The fraction of sp³-hybridized carbons (Fsp3) is 0.650. The van der Waals surface area contributed by atoms with E-state index in [1.807, 2.05) is 20.8 Å². The summed E-state index contributed by atoms with van der Waals surface area (Å²) < 4.78 is 34.4. The smallest absolute Gasteiger partial charge is 0.248 e. The van der Waals surface area contributed by atoms with Crippen molar-refractivity contribution in [2.75, 3.05) is 13.1 Å². The highest BCUT2D eigenvalue weighted by molar-refractivity contribution is 7.89. The summed E-state index contributed by atoms with van der Waals surface area (Å²) in [6.07, 6.45) is 6.87. The van der Waals surface area contributed by atoms with Gasteiger partial charge in [0.05, 0.1) is 5.02 Å². The number of aromatic nitrogens is 1. The number of piperidine rings is 1. The Bertz CT molecular complexity index is 959. The molecular formula is C20H27ClN2O3S. The second kappa shape index (κ2) is 6.46. The Morgan fingerprint density at radius 1 is 1.11 bits per heavy atom. The highest BCUT2D eigenvalue weighted by Gasteiger charge is 2.41. The van der Waals surface area contributed by atoms with Crippen molar-refractivity contribution in [3.63, 3.8) is 0 Å². The van der Waals surface area contributed by atoms with Gasteiger partial charge < -0.3 is 4.42 Å². The monoisotopic (exact) mass is 410 g/mol. The van der Waals surface area contributed by atoms with Gasteiger partial charge in [-0.25, -0.2) is 13.4 Å². The Balaban J connectivity index is 1.72. The molecule has 0 amide bonds. The van der Waals surface area contributed by atoms with E-state index in [0.29, 0.717) is 29.9 Å². The van der Waals surface area contributed by atoms with Gasteiger partial charge in [0.2, 0.25) is 15.9 Å². The molecule has 2 heterocycles. The number of hydrogen-bond donors (Lipinski definition) is 0. The topological polar surface area (TPSA) is 63.4 Å². The molecule has 1 aliphatic carbocycles. The van der Waals surface area contributed by atoms with Gasteiger partial charge in [-0.3, -0.25) is 0 Å². The lowest BCUT2D eigenvalue weighted by atomic mass is 9.78. The summed E-state index contributed by atoms with van der Waals surface area (Å²) >= 11 is 6.36. The molecule has 2 aromatic rings. The molecule has 1 spiro atoms. The van der Waals surface area contributed by atoms with Crippen molar-refractivity contribution >= 4 is 32.7 Å². The molecule has 0 bridgehead atoms. The van der Waals surface area contributed by atoms with Gasteiger partial charge >= 0.3 is 0 Å². The average Bonchev–Trinajstić information content (AvgIpc) is 3.21. The van der Waals surface area contributed by atoms with Crippen molar-refractivity contribution in [1.29, 1.82) is 0 Å². The molecule has 148 valence electrons. The van der Waals surface area contributed by atoms with Crippen molar-refractivity contribution in [3.05, 3.63) is 23.0 Å². The number of rotatable bonds is 2. The third-order valence-corrected chi connectivity index (χ3v) is 8.54. The minimum Gasteiger partial charge on any atom is -0.439 e. The van der Waals surface area contributed by atoms with Gasteiger partial charge in [0.25, 0.3) is 0 Å². The van der Waals surface area contributed by atoms with Gasteiger partial charge in [-0.1, -0.05) is 45.2 Å². The molecule has 1 aliphatic heterocycles. The zero-order chi connectivity index (χ0) is 19.4. The number of hydrogen-bond acceptors (Lipinski definition) is 4. The Labute approximate surface area is 166 Å². The Kier molecular flexibility index (Phi) is 4.60. The Morgan fingerprint density at radius 3 is 2.33 bits per heavy atom. The molecule has 4 rings (SSSR count). The molecular weight excluding hydrogens is 384 g/mol. The van der Waals surface area contributed by atoms with Crippen LogP contribution in [-0.4, -0.2) is 30.8 Å². The van der Waals surface area contributed by atoms with Crippen molar-refractivity contribution in [3.8, 4) is 0 Å². The minimum atomic E-state index is -3.73. The van der Waals surface area contributed by atoms with E-state index in [0.717, 1.165) is 12.8 Å². The first-order valence-corrected chi connectivity index (χ1v) is 11.5. The first-order chi connectivity index (χ1) is 12.6. The maximum Gasteiger partial charge on any atom is 0.248 e. The van der Waals surface area contributed by atoms with Gasteiger partial charge in [0.1, 0.15) is 10.4 Å². The van der Waals surface area contributed by atoms with E-state index < -0.39 is 10.0 Å². The van der Waals surface area contributed by atoms with E-state index in [-0.39, 0.29) is 20.9 Å². The van der Waals surface area contributed by atoms with E-state index in [4.69, 9.17) is 16.0 Å². The van der Waals surface area contributed by atoms with Crippen molar-refractivity contribution in [1.82, 2.24) is 9.29 Å². The van der Waals surface area contributed by atoms with Crippen molar-refractivity contribution < 1.29 is 12.8 Å². The zero-order valence-corrected chi connectivity index (χ0v) is 17.8. The van der Waals surface area contributed by atoms with Crippen LogP contribution in [0, 0.1) is 5.41 Å². The summed E-state index contributed by atoms with van der Waals surface area (Å²) in [4.78, 5) is 4.56. The zero-order valence-electron chi connectivity index (χ0n) is 16.2. The van der Waals surface area contributed by atoms with Crippen LogP contribution in [0.15, 0.2) is 21.4 Å². The summed E-state index contributed by atoms with van der Waals surface area (Å²) in [7, 11) is -3.73. The highest BCUT2D eigenvalue weighted by atomic mass is 35.5. The van der Waals surface area contributed by atoms with Crippen LogP contribution >= 0.6 is 11.6 Å². The maximum absolute atomic E-state index is 13.4. The van der Waals surface area contributed by atoms with Crippen LogP contribution in [0.1, 0.15) is 65.2 Å². The third kappa shape index (κ3) is 3.30. The molecule has 0 atom stereocenters. The molecule has 0 radical (unpaired) electrons. The van der Waals surface area contributed by atoms with Crippen molar-refractivity contribution in [2.24, 2.45) is 5.41 Å². The molecule has 0 unspecified atom stereocenters. The van der Waals surface area contributed by atoms with Crippen LogP contribution in [0.25, 0.3) is 11.1 Å². The Morgan fingerprint density at radius 2 is 1.74 bits per heavy atom. The fourth-order valence-corrected chi connectivity index (χ4v) is 6.52. The Hall–Kier alpha value is -1.11. The van der Waals surface area contributed by atoms with Gasteiger partial charge in [-0.2, -0.15) is 4.31 Å². The molecule has 1 aromatic heterocycles. The molecule has 0 N–H and O–H groups in total. The number of oxazole rings is 1. The van der Waals surface area contributed by atoms with Gasteiger partial charge in [0, 0.05) is 18.5 Å². The second-order valence-electron chi connectivity index (χ2n) is 9.10. The molecule has 1 saturated heterocycles. The van der Waals surface area contributed by atoms with Gasteiger partial charge in [0.15, 0.2) is 5.58 Å². The second-order valence-corrected chi connectivity index (χ2v) is 11.4. The largest absolute Gasteiger partial charge is 0.439 e. The number of sulfonamides is 1. The predicted octanol–water partition coefficient (Wildman–Crippen LogP) is 5.12. The lowest BCUT2D eigenvalue weighted by molar-refractivity contribution is 0.160. The number of fused-ring (bicyclic) bond motifs is 1. The molecule has 2 aliphatic rings. The first kappa shape index (κ1) is 19.2. The average molecular weight is 411 g/mol. The highest BCUT2D eigenvalue weighted by Crippen LogP contribution is 2.47. The van der Waals surface area contributed by atoms with Crippen LogP contribution in [0.4, 0.5) is 0 Å². The predicted molar refractivity (Wildman–Crippen MR) is 107 cm³/mol. The SMILES string of the molecule is CC(C)(C)c1nc2ccc(Cl)c(S(=O)(=O)N3CCC4(CCCC4)CC3)c2o1. The number of benzene rings is 1. The minimum absolute atomic E-state index is 0.0621. The maximum atomic E-state index is 13.4. The fourth-order valence-electron chi connectivity index (χ4n) is 4.46. The van der Waals surface area contributed by atoms with E-state index >= 15 is 0 Å². The van der Waals surface area contributed by atoms with Crippen LogP contribution in [0.5, 0.6) is 0 Å². The van der Waals surface area contributed by atoms with E-state index in [9.17, 15) is 8.42 Å². The van der Waals surface area contributed by atoms with Crippen LogP contribution in [0.2, 0.25) is 5.02 Å².